The van der Waals surface area contributed by atoms with E-state index in [1.807, 2.05) is 13.0 Å². The van der Waals surface area contributed by atoms with Crippen LogP contribution in [0.4, 0.5) is 5.69 Å². The number of Topliss-reactive ketones (excluding diaryl/α,β-unsaturated/α-hetero) is 1. The minimum Gasteiger partial charge on any atom is -0.497 e. The van der Waals surface area contributed by atoms with E-state index in [9.17, 15) is 14.9 Å². The fourth-order valence-corrected chi connectivity index (χ4v) is 3.13. The lowest BCUT2D eigenvalue weighted by molar-refractivity contribution is -0.117. The number of rotatable bonds is 6. The summed E-state index contributed by atoms with van der Waals surface area (Å²) < 4.78 is 12.0. The Morgan fingerprint density at radius 3 is 2.62 bits per heavy atom. The van der Waals surface area contributed by atoms with Crippen molar-refractivity contribution >= 4 is 17.4 Å². The van der Waals surface area contributed by atoms with Gasteiger partial charge < -0.3 is 14.6 Å². The highest BCUT2D eigenvalue weighted by Crippen LogP contribution is 2.24. The van der Waals surface area contributed by atoms with Crippen LogP contribution < -0.4 is 10.1 Å². The van der Waals surface area contributed by atoms with Crippen molar-refractivity contribution in [3.05, 3.63) is 59.1 Å². The Labute approximate surface area is 167 Å². The Hall–Kier alpha value is -3.86. The number of carbonyl (C=O) groups excluding carboxylic acids is 2. The maximum Gasteiger partial charge on any atom is 0.249 e. The molecule has 0 spiro atoms. The average Bonchev–Trinajstić information content (AvgIpc) is 3.24. The summed E-state index contributed by atoms with van der Waals surface area (Å²) in [7, 11) is 1.51. The first-order chi connectivity index (χ1) is 13.8. The number of hydrogen-bond acceptors (Lipinski definition) is 6. The molecule has 0 fully saturated rings. The third-order valence-electron chi connectivity index (χ3n) is 4.53. The number of anilines is 1. The number of aromatic nitrogens is 2. The summed E-state index contributed by atoms with van der Waals surface area (Å²) in [6.07, 6.45) is 0. The minimum atomic E-state index is -1.49. The van der Waals surface area contributed by atoms with Crippen LogP contribution in [0.15, 0.2) is 40.9 Å². The summed E-state index contributed by atoms with van der Waals surface area (Å²) in [5, 5.41) is 16.1. The summed E-state index contributed by atoms with van der Waals surface area (Å²) in [6.45, 7) is 5.31. The summed E-state index contributed by atoms with van der Waals surface area (Å²) in [5.41, 5.74) is 2.04. The first-order valence-corrected chi connectivity index (χ1v) is 8.87. The van der Waals surface area contributed by atoms with Gasteiger partial charge in [0.05, 0.1) is 13.2 Å². The topological polar surface area (TPSA) is 110 Å². The van der Waals surface area contributed by atoms with Gasteiger partial charge in [-0.3, -0.25) is 14.2 Å². The third-order valence-corrected chi connectivity index (χ3v) is 4.53. The lowest BCUT2D eigenvalue weighted by Gasteiger charge is -2.11. The van der Waals surface area contributed by atoms with Crippen molar-refractivity contribution in [1.82, 2.24) is 9.72 Å². The molecule has 2 heterocycles. The number of hydrogen-bond donors (Lipinski definition) is 1. The molecule has 0 radical (unpaired) electrons. The van der Waals surface area contributed by atoms with Crippen LogP contribution in [0.3, 0.4) is 0 Å². The van der Waals surface area contributed by atoms with E-state index < -0.39 is 17.6 Å². The normalized spacial score (nSPS) is 11.6. The molecule has 0 aliphatic carbocycles. The third kappa shape index (κ3) is 3.89. The molecule has 0 aliphatic heterocycles. The van der Waals surface area contributed by atoms with Gasteiger partial charge in [0.2, 0.25) is 5.91 Å². The molecule has 1 atom stereocenters. The van der Waals surface area contributed by atoms with E-state index in [0.29, 0.717) is 28.7 Å². The van der Waals surface area contributed by atoms with Crippen LogP contribution in [0.2, 0.25) is 0 Å². The quantitative estimate of drug-likeness (QED) is 0.509. The molecule has 0 saturated carbocycles. The van der Waals surface area contributed by atoms with Crippen molar-refractivity contribution in [2.24, 2.45) is 5.92 Å². The van der Waals surface area contributed by atoms with Crippen LogP contribution >= 0.6 is 0 Å². The molecule has 0 bridgehead atoms. The summed E-state index contributed by atoms with van der Waals surface area (Å²) in [6, 6.07) is 11.9. The molecule has 1 unspecified atom stereocenters. The Bertz CT molecular complexity index is 1120. The number of nitrogens with zero attached hydrogens (tertiary/aromatic N) is 3. The number of methoxy groups -OCH3 is 1. The summed E-state index contributed by atoms with van der Waals surface area (Å²) in [4.78, 5) is 25.6. The predicted octanol–water partition coefficient (Wildman–Crippen LogP) is 3.36. The second kappa shape index (κ2) is 8.02. The number of nitrogens with one attached hydrogen (secondary N) is 1. The van der Waals surface area contributed by atoms with Gasteiger partial charge in [0, 0.05) is 34.8 Å². The van der Waals surface area contributed by atoms with E-state index in [1.165, 1.54) is 7.11 Å². The van der Waals surface area contributed by atoms with Crippen LogP contribution in [-0.2, 0) is 4.79 Å². The van der Waals surface area contributed by atoms with Gasteiger partial charge in [0.25, 0.3) is 0 Å². The zero-order chi connectivity index (χ0) is 21.1. The minimum absolute atomic E-state index is 0.287. The summed E-state index contributed by atoms with van der Waals surface area (Å²) >= 11 is 0. The van der Waals surface area contributed by atoms with Crippen molar-refractivity contribution in [3.8, 4) is 17.6 Å². The maximum atomic E-state index is 13.0. The van der Waals surface area contributed by atoms with E-state index in [-0.39, 0.29) is 5.56 Å². The van der Waals surface area contributed by atoms with Crippen molar-refractivity contribution in [1.29, 1.82) is 5.26 Å². The van der Waals surface area contributed by atoms with Crippen molar-refractivity contribution in [2.75, 3.05) is 12.4 Å². The number of ketones is 1. The average molecular weight is 392 g/mol. The van der Waals surface area contributed by atoms with Gasteiger partial charge in [-0.2, -0.15) is 5.26 Å². The van der Waals surface area contributed by atoms with Gasteiger partial charge in [-0.1, -0.05) is 11.2 Å². The molecule has 0 aliphatic rings. The summed E-state index contributed by atoms with van der Waals surface area (Å²) in [5.74, 6) is -1.05. The number of benzene rings is 1. The first-order valence-electron chi connectivity index (χ1n) is 8.87. The molecule has 148 valence electrons. The van der Waals surface area contributed by atoms with E-state index in [1.54, 1.807) is 54.8 Å². The van der Waals surface area contributed by atoms with Gasteiger partial charge in [0.1, 0.15) is 11.5 Å². The highest BCUT2D eigenvalue weighted by molar-refractivity contribution is 6.16. The van der Waals surface area contributed by atoms with Crippen molar-refractivity contribution in [3.63, 3.8) is 0 Å². The lowest BCUT2D eigenvalue weighted by Crippen LogP contribution is -2.29. The molecule has 8 nitrogen and oxygen atoms in total. The predicted molar refractivity (Wildman–Crippen MR) is 105 cm³/mol. The van der Waals surface area contributed by atoms with Gasteiger partial charge in [-0.25, -0.2) is 0 Å². The molecule has 8 heteroatoms. The Morgan fingerprint density at radius 1 is 1.24 bits per heavy atom. The molecular formula is C21H20N4O4. The van der Waals surface area contributed by atoms with E-state index in [2.05, 4.69) is 10.5 Å². The largest absolute Gasteiger partial charge is 0.497 e. The van der Waals surface area contributed by atoms with Gasteiger partial charge in [-0.15, -0.1) is 0 Å². The second-order valence-electron chi connectivity index (χ2n) is 6.56. The van der Waals surface area contributed by atoms with Crippen LogP contribution in [0.5, 0.6) is 5.75 Å². The highest BCUT2D eigenvalue weighted by atomic mass is 16.5. The molecule has 3 aromatic rings. The highest BCUT2D eigenvalue weighted by Gasteiger charge is 2.31. The molecular weight excluding hydrogens is 372 g/mol. The van der Waals surface area contributed by atoms with Crippen molar-refractivity contribution in [2.45, 2.75) is 20.8 Å². The van der Waals surface area contributed by atoms with Crippen LogP contribution in [0.1, 0.15) is 27.5 Å². The van der Waals surface area contributed by atoms with Gasteiger partial charge in [0.15, 0.2) is 17.5 Å². The first kappa shape index (κ1) is 19.9. The zero-order valence-corrected chi connectivity index (χ0v) is 16.5. The number of amides is 1. The Kier molecular flexibility index (Phi) is 5.50. The molecule has 2 aromatic heterocycles. The standard InChI is InChI=1S/C21H20N4O4/c1-12-8-17(14(3)25(12)19-9-13(2)29-24-19)20(26)18(11-22)21(27)23-15-6-5-7-16(10-15)28-4/h5-10,18H,1-4H3,(H,23,27). The lowest BCUT2D eigenvalue weighted by atomic mass is 9.98. The smallest absolute Gasteiger partial charge is 0.249 e. The fourth-order valence-electron chi connectivity index (χ4n) is 3.13. The fraction of sp³-hybridized carbons (Fsp3) is 0.238. The molecule has 0 saturated heterocycles. The number of aryl methyl sites for hydroxylation is 2. The Balaban J connectivity index is 1.88. The monoisotopic (exact) mass is 392 g/mol. The van der Waals surface area contributed by atoms with Crippen LogP contribution in [0.25, 0.3) is 5.82 Å². The van der Waals surface area contributed by atoms with Crippen LogP contribution in [0, 0.1) is 38.0 Å². The van der Waals surface area contributed by atoms with Crippen molar-refractivity contribution < 1.29 is 18.8 Å². The number of nitriles is 1. The van der Waals surface area contributed by atoms with Gasteiger partial charge in [-0.05, 0) is 39.0 Å². The maximum absolute atomic E-state index is 13.0. The molecule has 29 heavy (non-hydrogen) atoms. The van der Waals surface area contributed by atoms with Crippen LogP contribution in [-0.4, -0.2) is 28.5 Å². The van der Waals surface area contributed by atoms with E-state index in [0.717, 1.165) is 5.69 Å². The van der Waals surface area contributed by atoms with Gasteiger partial charge >= 0.3 is 0 Å². The molecule has 1 amide bonds. The number of carbonyl (C=O) groups is 2. The molecule has 1 aromatic carbocycles. The SMILES string of the molecule is COc1cccc(NC(=O)C(C#N)C(=O)c2cc(C)n(-c3cc(C)on3)c2C)c1. The number of ether oxygens (including phenoxy) is 1. The molecule has 3 rings (SSSR count). The zero-order valence-electron chi connectivity index (χ0n) is 16.5. The van der Waals surface area contributed by atoms with E-state index >= 15 is 0 Å². The molecule has 1 N–H and O–H groups in total. The Morgan fingerprint density at radius 2 is 2.00 bits per heavy atom. The second-order valence-corrected chi connectivity index (χ2v) is 6.56. The van der Waals surface area contributed by atoms with E-state index in [4.69, 9.17) is 9.26 Å².